The van der Waals surface area contributed by atoms with Crippen molar-refractivity contribution in [3.63, 3.8) is 0 Å². The number of allylic oxidation sites excluding steroid dienone is 2. The van der Waals surface area contributed by atoms with Crippen molar-refractivity contribution in [3.05, 3.63) is 12.2 Å². The van der Waals surface area contributed by atoms with E-state index in [1.165, 1.54) is 263 Å². The quantitative estimate of drug-likeness (QED) is 0.0321. The summed E-state index contributed by atoms with van der Waals surface area (Å²) in [7, 11) is 0. The normalized spacial score (nSPS) is 12.6. The molecule has 1 amide bonds. The van der Waals surface area contributed by atoms with Crippen LogP contribution in [0.1, 0.15) is 341 Å². The molecule has 0 aliphatic heterocycles. The van der Waals surface area contributed by atoms with Gasteiger partial charge in [-0.3, -0.25) is 9.59 Å². The van der Waals surface area contributed by atoms with Crippen LogP contribution in [-0.2, 0) is 14.3 Å². The lowest BCUT2D eigenvalue weighted by molar-refractivity contribution is -0.143. The Labute approximate surface area is 419 Å². The molecule has 0 bridgehead atoms. The Hall–Kier alpha value is -1.40. The number of hydrogen-bond acceptors (Lipinski definition) is 5. The summed E-state index contributed by atoms with van der Waals surface area (Å²) in [6.07, 6.45) is 68.1. The average molecular weight is 947 g/mol. The van der Waals surface area contributed by atoms with E-state index < -0.39 is 12.1 Å². The summed E-state index contributed by atoms with van der Waals surface area (Å²) in [6.45, 7) is 4.94. The average Bonchev–Trinajstić information content (AvgIpc) is 3.33. The molecule has 0 aromatic heterocycles. The fourth-order valence-corrected chi connectivity index (χ4v) is 9.64. The Morgan fingerprint density at radius 1 is 0.403 bits per heavy atom. The van der Waals surface area contributed by atoms with Crippen LogP contribution >= 0.6 is 0 Å². The lowest BCUT2D eigenvalue weighted by Crippen LogP contribution is -2.45. The van der Waals surface area contributed by atoms with E-state index in [9.17, 15) is 19.8 Å². The van der Waals surface area contributed by atoms with Crippen molar-refractivity contribution >= 4 is 11.9 Å². The topological polar surface area (TPSA) is 95.9 Å². The van der Waals surface area contributed by atoms with Crippen LogP contribution < -0.4 is 5.32 Å². The Morgan fingerprint density at radius 3 is 1.06 bits per heavy atom. The maximum Gasteiger partial charge on any atom is 0.305 e. The molecule has 2 atom stereocenters. The molecule has 0 rings (SSSR count). The molecule has 0 aromatic rings. The first-order valence-corrected chi connectivity index (χ1v) is 30.4. The molecular formula is C61H119NO5. The van der Waals surface area contributed by atoms with E-state index in [1.807, 2.05) is 0 Å². The minimum Gasteiger partial charge on any atom is -0.466 e. The minimum absolute atomic E-state index is 0.00982. The van der Waals surface area contributed by atoms with Gasteiger partial charge in [0, 0.05) is 12.8 Å². The molecule has 2 unspecified atom stereocenters. The van der Waals surface area contributed by atoms with Gasteiger partial charge in [-0.25, -0.2) is 0 Å². The third-order valence-electron chi connectivity index (χ3n) is 14.3. The molecule has 6 nitrogen and oxygen atoms in total. The number of ether oxygens (including phenoxy) is 1. The van der Waals surface area contributed by atoms with Crippen molar-refractivity contribution in [2.45, 2.75) is 353 Å². The van der Waals surface area contributed by atoms with Crippen molar-refractivity contribution in [1.82, 2.24) is 5.32 Å². The van der Waals surface area contributed by atoms with Crippen molar-refractivity contribution in [2.24, 2.45) is 0 Å². The van der Waals surface area contributed by atoms with E-state index in [0.717, 1.165) is 44.9 Å². The maximum absolute atomic E-state index is 12.4. The summed E-state index contributed by atoms with van der Waals surface area (Å²) >= 11 is 0. The van der Waals surface area contributed by atoms with Gasteiger partial charge in [0.25, 0.3) is 0 Å². The van der Waals surface area contributed by atoms with Gasteiger partial charge in [0.05, 0.1) is 25.4 Å². The van der Waals surface area contributed by atoms with Gasteiger partial charge in [-0.2, -0.15) is 0 Å². The predicted molar refractivity (Wildman–Crippen MR) is 292 cm³/mol. The Bertz CT molecular complexity index is 1000. The number of unbranched alkanes of at least 4 members (excludes halogenated alkanes) is 44. The molecular weight excluding hydrogens is 827 g/mol. The van der Waals surface area contributed by atoms with Crippen LogP contribution in [0.15, 0.2) is 12.2 Å². The van der Waals surface area contributed by atoms with Crippen molar-refractivity contribution in [1.29, 1.82) is 0 Å². The fourth-order valence-electron chi connectivity index (χ4n) is 9.64. The van der Waals surface area contributed by atoms with Crippen LogP contribution in [0.2, 0.25) is 0 Å². The van der Waals surface area contributed by atoms with Gasteiger partial charge in [-0.1, -0.05) is 289 Å². The summed E-state index contributed by atoms with van der Waals surface area (Å²) in [4.78, 5) is 24.4. The second kappa shape index (κ2) is 57.2. The van der Waals surface area contributed by atoms with Crippen LogP contribution in [0.4, 0.5) is 0 Å². The summed E-state index contributed by atoms with van der Waals surface area (Å²) < 4.78 is 5.48. The summed E-state index contributed by atoms with van der Waals surface area (Å²) in [5.74, 6) is -0.0236. The molecule has 0 fully saturated rings. The largest absolute Gasteiger partial charge is 0.466 e. The van der Waals surface area contributed by atoms with Crippen LogP contribution in [0.3, 0.4) is 0 Å². The van der Waals surface area contributed by atoms with Gasteiger partial charge < -0.3 is 20.3 Å². The third-order valence-corrected chi connectivity index (χ3v) is 14.3. The molecule has 0 saturated carbocycles. The molecule has 0 radical (unpaired) electrons. The molecule has 0 spiro atoms. The molecule has 6 heteroatoms. The molecule has 67 heavy (non-hydrogen) atoms. The first-order valence-electron chi connectivity index (χ1n) is 30.4. The monoisotopic (exact) mass is 946 g/mol. The Kier molecular flexibility index (Phi) is 56.0. The number of aliphatic hydroxyl groups is 2. The smallest absolute Gasteiger partial charge is 0.305 e. The van der Waals surface area contributed by atoms with Crippen LogP contribution in [0.5, 0.6) is 0 Å². The number of amides is 1. The number of esters is 1. The minimum atomic E-state index is -0.659. The predicted octanol–water partition coefficient (Wildman–Crippen LogP) is 18.9. The number of nitrogens with one attached hydrogen (secondary N) is 1. The van der Waals surface area contributed by atoms with Crippen molar-refractivity contribution in [3.8, 4) is 0 Å². The lowest BCUT2D eigenvalue weighted by atomic mass is 10.0. The zero-order valence-electron chi connectivity index (χ0n) is 45.4. The van der Waals surface area contributed by atoms with E-state index in [4.69, 9.17) is 4.74 Å². The number of carbonyl (C=O) groups excluding carboxylic acids is 2. The van der Waals surface area contributed by atoms with Crippen LogP contribution in [0, 0.1) is 0 Å². The molecule has 3 N–H and O–H groups in total. The second-order valence-corrected chi connectivity index (χ2v) is 21.0. The van der Waals surface area contributed by atoms with E-state index in [0.29, 0.717) is 25.9 Å². The number of carbonyl (C=O) groups is 2. The standard InChI is InChI=1S/C61H119NO5/c1-3-5-7-9-11-13-14-15-32-35-39-43-47-51-55-61(66)67-56-52-48-44-40-36-33-30-28-26-24-22-20-18-16-17-19-21-23-25-27-29-31-34-38-42-46-50-54-60(65)62-58(57-63)59(64)53-49-45-41-37-12-10-8-6-4-2/h14-15,58-59,63-64H,3-13,16-57H2,1-2H3,(H,62,65)/b15-14-. The zero-order chi connectivity index (χ0) is 48.6. The number of aliphatic hydroxyl groups excluding tert-OH is 2. The van der Waals surface area contributed by atoms with Gasteiger partial charge >= 0.3 is 5.97 Å². The molecule has 398 valence electrons. The molecule has 0 heterocycles. The van der Waals surface area contributed by atoms with E-state index >= 15 is 0 Å². The van der Waals surface area contributed by atoms with Gasteiger partial charge in [-0.05, 0) is 51.4 Å². The van der Waals surface area contributed by atoms with Gasteiger partial charge in [0.15, 0.2) is 0 Å². The molecule has 0 aromatic carbocycles. The first kappa shape index (κ1) is 65.6. The molecule has 0 aliphatic carbocycles. The Balaban J connectivity index is 3.31. The molecule has 0 saturated heterocycles. The van der Waals surface area contributed by atoms with Crippen molar-refractivity contribution in [2.75, 3.05) is 13.2 Å². The van der Waals surface area contributed by atoms with Crippen molar-refractivity contribution < 1.29 is 24.5 Å². The van der Waals surface area contributed by atoms with Gasteiger partial charge in [0.2, 0.25) is 5.91 Å². The van der Waals surface area contributed by atoms with E-state index in [2.05, 4.69) is 31.3 Å². The third kappa shape index (κ3) is 53.8. The van der Waals surface area contributed by atoms with Gasteiger partial charge in [0.1, 0.15) is 0 Å². The highest BCUT2D eigenvalue weighted by Gasteiger charge is 2.20. The number of hydrogen-bond donors (Lipinski definition) is 3. The van der Waals surface area contributed by atoms with E-state index in [-0.39, 0.29) is 18.5 Å². The SMILES string of the molecule is CCCCCCC/C=C\CCCCCCCC(=O)OCCCCCCCCCCCCCCCCCCCCCCCCCCCCCC(=O)NC(CO)C(O)CCCCCCCCCCC. The summed E-state index contributed by atoms with van der Waals surface area (Å²) in [5, 5.41) is 23.1. The highest BCUT2D eigenvalue weighted by atomic mass is 16.5. The molecule has 0 aliphatic rings. The van der Waals surface area contributed by atoms with Crippen LogP contribution in [-0.4, -0.2) is 47.4 Å². The highest BCUT2D eigenvalue weighted by molar-refractivity contribution is 5.76. The lowest BCUT2D eigenvalue weighted by Gasteiger charge is -2.22. The second-order valence-electron chi connectivity index (χ2n) is 21.0. The van der Waals surface area contributed by atoms with Crippen LogP contribution in [0.25, 0.3) is 0 Å². The maximum atomic E-state index is 12.4. The Morgan fingerprint density at radius 2 is 0.701 bits per heavy atom. The first-order chi connectivity index (χ1) is 33.0. The summed E-state index contributed by atoms with van der Waals surface area (Å²) in [6, 6.07) is -0.536. The van der Waals surface area contributed by atoms with Gasteiger partial charge in [-0.15, -0.1) is 0 Å². The highest BCUT2D eigenvalue weighted by Crippen LogP contribution is 2.18. The number of rotatable bonds is 57. The fraction of sp³-hybridized carbons (Fsp3) is 0.934. The summed E-state index contributed by atoms with van der Waals surface area (Å²) in [5.41, 5.74) is 0. The zero-order valence-corrected chi connectivity index (χ0v) is 45.4. The van der Waals surface area contributed by atoms with E-state index in [1.54, 1.807) is 0 Å².